The van der Waals surface area contributed by atoms with Crippen molar-refractivity contribution >= 4 is 74.4 Å². The molecule has 0 saturated carbocycles. The lowest BCUT2D eigenvalue weighted by Crippen LogP contribution is -2.39. The number of hydrogen-bond acceptors (Lipinski definition) is 27. The molecular weight excluding hydrogens is 1020 g/mol. The number of fused-ring (bicyclic) bond motifs is 3. The van der Waals surface area contributed by atoms with Crippen LogP contribution in [0.4, 0.5) is 17.7 Å². The fraction of sp³-hybridized carbons (Fsp3) is 0.545. The van der Waals surface area contributed by atoms with Crippen LogP contribution < -0.4 is 28.3 Å². The van der Waals surface area contributed by atoms with Gasteiger partial charge in [0.15, 0.2) is 52.5 Å². The van der Waals surface area contributed by atoms with E-state index >= 15 is 0 Å². The Bertz CT molecular complexity index is 3220. The summed E-state index contributed by atoms with van der Waals surface area (Å²) in [7, 11) is -12.6. The lowest BCUT2D eigenvalue weighted by molar-refractivity contribution is -0.0630. The Labute approximate surface area is 394 Å². The van der Waals surface area contributed by atoms with Crippen molar-refractivity contribution in [3.63, 3.8) is 0 Å². The third-order valence-corrected chi connectivity index (χ3v) is 14.0. The van der Waals surface area contributed by atoms with E-state index in [4.69, 9.17) is 63.5 Å². The number of ether oxygens (including phenoxy) is 5. The SMILES string of the molecule is COC1[C@@H](OP(=O)(O)OC[C@H]2O[C@@H](n3cnc4c(=O)[nH]c(N)nc43)C(OC)[C@H]2OP(=O)(O)OC[C@H]2O[C@@H](n3cnc4c(=O)[nH]c(N)nc43)C(O)[C@H]2O)[C@@H](COP(C)(=O)O)O[C@H]1n1cnc2c(N)ncnc21. The maximum Gasteiger partial charge on any atom is 0.472 e. The van der Waals surface area contributed by atoms with E-state index in [1.807, 2.05) is 0 Å². The molecule has 0 radical (unpaired) electrons. The number of aromatic amines is 2. The second-order valence-corrected chi connectivity index (χ2v) is 20.7. The van der Waals surface area contributed by atoms with Crippen LogP contribution in [0.25, 0.3) is 33.5 Å². The van der Waals surface area contributed by atoms with Crippen LogP contribution in [0, 0.1) is 0 Å². The molecule has 71 heavy (non-hydrogen) atoms. The van der Waals surface area contributed by atoms with E-state index < -0.39 is 128 Å². The molecule has 3 saturated heterocycles. The lowest BCUT2D eigenvalue weighted by Gasteiger charge is -2.27. The van der Waals surface area contributed by atoms with Gasteiger partial charge < -0.3 is 70.3 Å². The zero-order valence-electron chi connectivity index (χ0n) is 36.8. The van der Waals surface area contributed by atoms with E-state index in [-0.39, 0.29) is 51.2 Å². The summed E-state index contributed by atoms with van der Waals surface area (Å²) in [5.74, 6) is -0.600. The number of methoxy groups -OCH3 is 2. The van der Waals surface area contributed by atoms with Crippen LogP contribution in [0.5, 0.6) is 0 Å². The monoisotopic (exact) mass is 1060 g/mol. The van der Waals surface area contributed by atoms with Crippen LogP contribution in [0.2, 0.25) is 0 Å². The summed E-state index contributed by atoms with van der Waals surface area (Å²) in [6.07, 6.45) is -13.9. The highest BCUT2D eigenvalue weighted by atomic mass is 31.2. The molecule has 6 aromatic heterocycles. The summed E-state index contributed by atoms with van der Waals surface area (Å²) in [6.45, 7) is -1.71. The first-order valence-corrected chi connectivity index (χ1v) is 25.6. The zero-order chi connectivity index (χ0) is 50.9. The second-order valence-electron chi connectivity index (χ2n) is 16.0. The molecule has 9 heterocycles. The molecule has 3 aliphatic rings. The van der Waals surface area contributed by atoms with E-state index in [9.17, 15) is 48.2 Å². The maximum atomic E-state index is 14.0. The van der Waals surface area contributed by atoms with Gasteiger partial charge in [-0.1, -0.05) is 0 Å². The minimum Gasteiger partial charge on any atom is -0.387 e. The largest absolute Gasteiger partial charge is 0.472 e. The molecule has 15 atom stereocenters. The summed E-state index contributed by atoms with van der Waals surface area (Å²) in [6, 6.07) is 0. The summed E-state index contributed by atoms with van der Waals surface area (Å²) < 4.78 is 100. The van der Waals surface area contributed by atoms with Crippen molar-refractivity contribution in [1.82, 2.24) is 58.6 Å². The van der Waals surface area contributed by atoms with Gasteiger partial charge in [-0.15, -0.1) is 0 Å². The Balaban J connectivity index is 0.958. The van der Waals surface area contributed by atoms with Crippen LogP contribution >= 0.6 is 23.2 Å². The number of phosphoric ester groups is 2. The number of aliphatic hydroxyl groups excluding tert-OH is 2. The van der Waals surface area contributed by atoms with Gasteiger partial charge in [0.05, 0.1) is 38.8 Å². The number of H-pyrrole nitrogens is 2. The van der Waals surface area contributed by atoms with Crippen molar-refractivity contribution in [3.8, 4) is 0 Å². The third kappa shape index (κ3) is 9.99. The molecular formula is C33H44N15O20P3. The molecule has 38 heteroatoms. The van der Waals surface area contributed by atoms with Gasteiger partial charge >= 0.3 is 23.2 Å². The average molecular weight is 1060 g/mol. The predicted molar refractivity (Wildman–Crippen MR) is 233 cm³/mol. The highest BCUT2D eigenvalue weighted by Gasteiger charge is 2.54. The number of aromatic nitrogens is 12. The minimum atomic E-state index is -5.39. The highest BCUT2D eigenvalue weighted by Crippen LogP contribution is 2.53. The topological polar surface area (TPSA) is 493 Å². The van der Waals surface area contributed by atoms with Gasteiger partial charge in [-0.3, -0.25) is 55.9 Å². The van der Waals surface area contributed by atoms with E-state index in [0.29, 0.717) is 0 Å². The molecule has 6 aromatic rings. The Morgan fingerprint density at radius 2 is 1.04 bits per heavy atom. The van der Waals surface area contributed by atoms with Gasteiger partial charge in [-0.25, -0.2) is 34.0 Å². The second kappa shape index (κ2) is 19.3. The molecule has 3 fully saturated rings. The van der Waals surface area contributed by atoms with Gasteiger partial charge in [-0.05, 0) is 0 Å². The first-order chi connectivity index (χ1) is 33.6. The first-order valence-electron chi connectivity index (χ1n) is 20.6. The number of rotatable bonds is 18. The summed E-state index contributed by atoms with van der Waals surface area (Å²) in [5.41, 5.74) is 15.7. The van der Waals surface area contributed by atoms with Crippen LogP contribution in [0.1, 0.15) is 18.7 Å². The number of phosphoric acid groups is 2. The Morgan fingerprint density at radius 3 is 1.54 bits per heavy atom. The van der Waals surface area contributed by atoms with Crippen LogP contribution in [-0.4, -0.2) is 179 Å². The van der Waals surface area contributed by atoms with Crippen molar-refractivity contribution in [3.05, 3.63) is 46.0 Å². The predicted octanol–water partition coefficient (Wildman–Crippen LogP) is -2.88. The first kappa shape index (κ1) is 50.7. The van der Waals surface area contributed by atoms with E-state index in [1.54, 1.807) is 0 Å². The zero-order valence-corrected chi connectivity index (χ0v) is 39.4. The minimum absolute atomic E-state index is 0.0165. The molecule has 0 aliphatic carbocycles. The van der Waals surface area contributed by atoms with E-state index in [1.165, 1.54) is 22.6 Å². The van der Waals surface area contributed by atoms with Crippen molar-refractivity contribution < 1.29 is 84.9 Å². The quantitative estimate of drug-likeness (QED) is 0.0387. The summed E-state index contributed by atoms with van der Waals surface area (Å²) in [4.78, 5) is 90.5. The van der Waals surface area contributed by atoms with Gasteiger partial charge in [0, 0.05) is 20.9 Å². The van der Waals surface area contributed by atoms with Crippen LogP contribution in [0.15, 0.2) is 34.9 Å². The number of nitrogen functional groups attached to an aromatic ring is 3. The molecule has 0 aromatic carbocycles. The van der Waals surface area contributed by atoms with Crippen LogP contribution in [-0.2, 0) is 60.0 Å². The lowest BCUT2D eigenvalue weighted by atomic mass is 10.1. The molecule has 0 amide bonds. The Kier molecular flexibility index (Phi) is 13.8. The maximum absolute atomic E-state index is 14.0. The number of anilines is 3. The summed E-state index contributed by atoms with van der Waals surface area (Å²) >= 11 is 0. The van der Waals surface area contributed by atoms with Gasteiger partial charge in [0.1, 0.15) is 66.8 Å². The number of aliphatic hydroxyl groups is 2. The van der Waals surface area contributed by atoms with Crippen LogP contribution in [0.3, 0.4) is 0 Å². The number of hydrogen-bond donors (Lipinski definition) is 10. The highest BCUT2D eigenvalue weighted by molar-refractivity contribution is 7.51. The number of nitrogens with one attached hydrogen (secondary N) is 2. The van der Waals surface area contributed by atoms with Crippen molar-refractivity contribution in [1.29, 1.82) is 0 Å². The van der Waals surface area contributed by atoms with E-state index in [2.05, 4.69) is 44.9 Å². The molecule has 0 bridgehead atoms. The van der Waals surface area contributed by atoms with Crippen molar-refractivity contribution in [2.24, 2.45) is 0 Å². The Morgan fingerprint density at radius 1 is 0.606 bits per heavy atom. The Hall–Kier alpha value is -5.26. The fourth-order valence-corrected chi connectivity index (χ4v) is 10.6. The number of imidazole rings is 3. The molecule has 13 N–H and O–H groups in total. The standard InChI is InChI=1S/C33H44N15O20P3/c1-59-21-19(12(5-61-69(3,53)54)65-30(21)46-8-39-14-23(34)37-7-38-24(14)46)67-71(57,58)63-6-13-20(22(60-2)31(66-13)48-10-41-16-26(48)43-33(36)45-28(16)52)68-70(55,56)62-4-11-17(49)18(50)29(64-11)47-9-40-15-25(47)42-32(35)44-27(15)51/h7-13,17-22,29-31,49-50H,4-6H2,1-3H3,(H,53,54)(H,55,56)(H,57,58)(H2,34,37,38)(H3,35,42,44,51)(H3,36,43,45,52)/t11-,12-,13-,17+,18?,19+,20+,21?,22?,29-,30-,31-/m1/s1. The van der Waals surface area contributed by atoms with Crippen molar-refractivity contribution in [2.45, 2.75) is 73.6 Å². The van der Waals surface area contributed by atoms with E-state index in [0.717, 1.165) is 37.3 Å². The molecule has 0 spiro atoms. The van der Waals surface area contributed by atoms with Crippen molar-refractivity contribution in [2.75, 3.05) is 57.9 Å². The average Bonchev–Trinajstić information content (AvgIpc) is 4.16. The molecule has 3 aliphatic heterocycles. The fourth-order valence-electron chi connectivity index (χ4n) is 8.22. The smallest absolute Gasteiger partial charge is 0.387 e. The van der Waals surface area contributed by atoms with Gasteiger partial charge in [0.25, 0.3) is 11.1 Å². The summed E-state index contributed by atoms with van der Waals surface area (Å²) in [5, 5.41) is 21.8. The number of nitrogens with two attached hydrogens (primary N) is 3. The number of nitrogens with zero attached hydrogens (tertiary/aromatic N) is 10. The van der Waals surface area contributed by atoms with Gasteiger partial charge in [0.2, 0.25) is 11.9 Å². The molecule has 35 nitrogen and oxygen atoms in total. The van der Waals surface area contributed by atoms with Gasteiger partial charge in [-0.2, -0.15) is 9.97 Å². The third-order valence-electron chi connectivity index (χ3n) is 11.4. The normalized spacial score (nSPS) is 30.6. The molecule has 386 valence electrons. The molecule has 9 rings (SSSR count). The molecule has 6 unspecified atom stereocenters.